The molecule has 1 rings (SSSR count). The number of carbonyl (C=O) groups excluding carboxylic acids is 1. The van der Waals surface area contributed by atoms with Crippen LogP contribution in [-0.4, -0.2) is 18.7 Å². The summed E-state index contributed by atoms with van der Waals surface area (Å²) in [5.74, 6) is 0. The van der Waals surface area contributed by atoms with Gasteiger partial charge in [-0.1, -0.05) is 12.8 Å². The molecule has 1 aliphatic rings. The molecule has 0 aromatic carbocycles. The van der Waals surface area contributed by atoms with E-state index in [0.717, 1.165) is 12.8 Å². The van der Waals surface area contributed by atoms with E-state index >= 15 is 0 Å². The van der Waals surface area contributed by atoms with Gasteiger partial charge in [-0.15, -0.1) is 0 Å². The lowest BCUT2D eigenvalue weighted by Crippen LogP contribution is -2.40. The van der Waals surface area contributed by atoms with Gasteiger partial charge in [0.25, 0.3) is 0 Å². The van der Waals surface area contributed by atoms with Crippen molar-refractivity contribution in [3.8, 4) is 0 Å². The maximum atomic E-state index is 11.0. The SMILES string of the molecule is CCONC(=O)NC1CCCC1. The molecule has 2 N–H and O–H groups in total. The summed E-state index contributed by atoms with van der Waals surface area (Å²) >= 11 is 0. The number of urea groups is 1. The molecule has 0 atom stereocenters. The van der Waals surface area contributed by atoms with Gasteiger partial charge in [-0.25, -0.2) is 10.3 Å². The molecule has 1 fully saturated rings. The van der Waals surface area contributed by atoms with Crippen LogP contribution in [0.25, 0.3) is 0 Å². The van der Waals surface area contributed by atoms with Crippen molar-refractivity contribution in [2.45, 2.75) is 38.6 Å². The molecule has 0 saturated heterocycles. The molecule has 0 radical (unpaired) electrons. The van der Waals surface area contributed by atoms with E-state index in [0.29, 0.717) is 12.6 Å². The third kappa shape index (κ3) is 3.09. The first kappa shape index (κ1) is 9.32. The lowest BCUT2D eigenvalue weighted by molar-refractivity contribution is 0.0696. The number of hydrogen-bond donors (Lipinski definition) is 2. The van der Waals surface area contributed by atoms with Crippen LogP contribution in [-0.2, 0) is 4.84 Å². The Hall–Kier alpha value is -0.770. The Labute approximate surface area is 72.6 Å². The first-order valence-electron chi connectivity index (χ1n) is 4.51. The maximum Gasteiger partial charge on any atom is 0.338 e. The van der Waals surface area contributed by atoms with Gasteiger partial charge in [-0.3, -0.25) is 4.84 Å². The topological polar surface area (TPSA) is 50.4 Å². The lowest BCUT2D eigenvalue weighted by atomic mass is 10.3. The smallest absolute Gasteiger partial charge is 0.334 e. The van der Waals surface area contributed by atoms with Crippen molar-refractivity contribution in [2.24, 2.45) is 0 Å². The number of nitrogens with one attached hydrogen (secondary N) is 2. The molecule has 0 bridgehead atoms. The van der Waals surface area contributed by atoms with Gasteiger partial charge in [0.1, 0.15) is 0 Å². The van der Waals surface area contributed by atoms with E-state index in [1.54, 1.807) is 0 Å². The fourth-order valence-corrected chi connectivity index (χ4v) is 1.42. The molecule has 0 aromatic heterocycles. The molecular formula is C8H16N2O2. The van der Waals surface area contributed by atoms with Crippen LogP contribution in [0.3, 0.4) is 0 Å². The van der Waals surface area contributed by atoms with Gasteiger partial charge in [0.2, 0.25) is 0 Å². The molecule has 4 nitrogen and oxygen atoms in total. The minimum atomic E-state index is -0.219. The minimum absolute atomic E-state index is 0.219. The summed E-state index contributed by atoms with van der Waals surface area (Å²) in [4.78, 5) is 15.8. The van der Waals surface area contributed by atoms with Crippen LogP contribution < -0.4 is 10.8 Å². The second-order valence-corrected chi connectivity index (χ2v) is 2.99. The number of hydroxylamine groups is 1. The zero-order valence-electron chi connectivity index (χ0n) is 7.43. The zero-order valence-corrected chi connectivity index (χ0v) is 7.43. The van der Waals surface area contributed by atoms with Gasteiger partial charge in [0.05, 0.1) is 6.61 Å². The average Bonchev–Trinajstić information content (AvgIpc) is 2.53. The summed E-state index contributed by atoms with van der Waals surface area (Å²) in [7, 11) is 0. The standard InChI is InChI=1S/C8H16N2O2/c1-2-12-10-8(11)9-7-5-3-4-6-7/h7H,2-6H2,1H3,(H2,9,10,11). The van der Waals surface area contributed by atoms with Crippen molar-refractivity contribution in [3.63, 3.8) is 0 Å². The maximum absolute atomic E-state index is 11.0. The molecule has 0 heterocycles. The van der Waals surface area contributed by atoms with E-state index < -0.39 is 0 Å². The molecule has 0 aliphatic heterocycles. The largest absolute Gasteiger partial charge is 0.338 e. The fraction of sp³-hybridized carbons (Fsp3) is 0.875. The van der Waals surface area contributed by atoms with Crippen molar-refractivity contribution in [2.75, 3.05) is 6.61 Å². The van der Waals surface area contributed by atoms with Crippen LogP contribution in [0.4, 0.5) is 4.79 Å². The van der Waals surface area contributed by atoms with Gasteiger partial charge in [0.15, 0.2) is 0 Å². The van der Waals surface area contributed by atoms with Gasteiger partial charge >= 0.3 is 6.03 Å². The average molecular weight is 172 g/mol. The van der Waals surface area contributed by atoms with Gasteiger partial charge in [-0.2, -0.15) is 0 Å². The summed E-state index contributed by atoms with van der Waals surface area (Å²) in [5.41, 5.74) is 2.31. The normalized spacial score (nSPS) is 17.8. The number of rotatable bonds is 3. The predicted molar refractivity (Wildman–Crippen MR) is 45.5 cm³/mol. The highest BCUT2D eigenvalue weighted by Gasteiger charge is 2.16. The third-order valence-corrected chi connectivity index (χ3v) is 2.00. The second-order valence-electron chi connectivity index (χ2n) is 2.99. The molecule has 1 aliphatic carbocycles. The van der Waals surface area contributed by atoms with Crippen molar-refractivity contribution in [1.82, 2.24) is 10.8 Å². The molecular weight excluding hydrogens is 156 g/mol. The monoisotopic (exact) mass is 172 g/mol. The van der Waals surface area contributed by atoms with Crippen molar-refractivity contribution in [1.29, 1.82) is 0 Å². The first-order valence-corrected chi connectivity index (χ1v) is 4.51. The highest BCUT2D eigenvalue weighted by Crippen LogP contribution is 2.17. The lowest BCUT2D eigenvalue weighted by Gasteiger charge is -2.11. The Bertz CT molecular complexity index is 144. The third-order valence-electron chi connectivity index (χ3n) is 2.00. The van der Waals surface area contributed by atoms with Gasteiger partial charge in [-0.05, 0) is 19.8 Å². The highest BCUT2D eigenvalue weighted by molar-refractivity contribution is 5.73. The van der Waals surface area contributed by atoms with E-state index in [9.17, 15) is 4.79 Å². The van der Waals surface area contributed by atoms with E-state index in [1.807, 2.05) is 6.92 Å². The van der Waals surface area contributed by atoms with Crippen LogP contribution >= 0.6 is 0 Å². The Morgan fingerprint density at radius 2 is 2.17 bits per heavy atom. The van der Waals surface area contributed by atoms with Crippen LogP contribution in [0, 0.1) is 0 Å². The number of carbonyl (C=O) groups is 1. The number of amides is 2. The second kappa shape index (κ2) is 4.98. The molecule has 1 saturated carbocycles. The van der Waals surface area contributed by atoms with E-state index in [4.69, 9.17) is 4.84 Å². The summed E-state index contributed by atoms with van der Waals surface area (Å²) in [6.45, 7) is 2.33. The first-order chi connectivity index (χ1) is 5.83. The quantitative estimate of drug-likeness (QED) is 0.628. The molecule has 4 heteroatoms. The summed E-state index contributed by atoms with van der Waals surface area (Å²) in [6.07, 6.45) is 4.64. The summed E-state index contributed by atoms with van der Waals surface area (Å²) < 4.78 is 0. The van der Waals surface area contributed by atoms with E-state index in [2.05, 4.69) is 10.8 Å². The highest BCUT2D eigenvalue weighted by atomic mass is 16.7. The predicted octanol–water partition coefficient (Wildman–Crippen LogP) is 1.18. The Morgan fingerprint density at radius 3 is 2.75 bits per heavy atom. The Kier molecular flexibility index (Phi) is 3.87. The molecule has 2 amide bonds. The Balaban J connectivity index is 2.08. The van der Waals surface area contributed by atoms with Crippen molar-refractivity contribution < 1.29 is 9.63 Å². The van der Waals surface area contributed by atoms with Gasteiger partial charge in [0, 0.05) is 6.04 Å². The van der Waals surface area contributed by atoms with Crippen LogP contribution in [0.15, 0.2) is 0 Å². The van der Waals surface area contributed by atoms with Crippen LogP contribution in [0.5, 0.6) is 0 Å². The molecule has 0 spiro atoms. The summed E-state index contributed by atoms with van der Waals surface area (Å²) in [6, 6.07) is 0.134. The van der Waals surface area contributed by atoms with Crippen LogP contribution in [0.2, 0.25) is 0 Å². The van der Waals surface area contributed by atoms with Gasteiger partial charge < -0.3 is 5.32 Å². The van der Waals surface area contributed by atoms with Crippen LogP contribution in [0.1, 0.15) is 32.6 Å². The molecule has 12 heavy (non-hydrogen) atoms. The van der Waals surface area contributed by atoms with E-state index in [-0.39, 0.29) is 6.03 Å². The molecule has 0 unspecified atom stereocenters. The van der Waals surface area contributed by atoms with E-state index in [1.165, 1.54) is 12.8 Å². The Morgan fingerprint density at radius 1 is 1.50 bits per heavy atom. The zero-order chi connectivity index (χ0) is 8.81. The minimum Gasteiger partial charge on any atom is -0.334 e. The van der Waals surface area contributed by atoms with Crippen molar-refractivity contribution in [3.05, 3.63) is 0 Å². The molecule has 70 valence electrons. The molecule has 0 aromatic rings. The summed E-state index contributed by atoms with van der Waals surface area (Å²) in [5, 5.41) is 2.84. The number of hydrogen-bond acceptors (Lipinski definition) is 2. The fourth-order valence-electron chi connectivity index (χ4n) is 1.42. The van der Waals surface area contributed by atoms with Crippen molar-refractivity contribution >= 4 is 6.03 Å².